The molecule has 0 radical (unpaired) electrons. The highest BCUT2D eigenvalue weighted by molar-refractivity contribution is 6.36. The van der Waals surface area contributed by atoms with E-state index in [2.05, 4.69) is 6.92 Å². The molecule has 0 rings (SSSR count). The average Bonchev–Trinajstić information content (AvgIpc) is 2.61. The van der Waals surface area contributed by atoms with Gasteiger partial charge < -0.3 is 9.47 Å². The molecule has 0 aromatic heterocycles. The van der Waals surface area contributed by atoms with E-state index in [-0.39, 0.29) is 15.4 Å². The molecule has 0 unspecified atom stereocenters. The van der Waals surface area contributed by atoms with Crippen LogP contribution in [0.1, 0.15) is 110 Å². The number of unbranched alkanes of at least 4 members (excludes halogenated alkanes) is 15. The van der Waals surface area contributed by atoms with Crippen LogP contribution < -0.4 is 0 Å². The highest BCUT2D eigenvalue weighted by Gasteiger charge is 2.04. The second kappa shape index (κ2) is 21.2. The predicted octanol–water partition coefficient (Wildman–Crippen LogP) is 6.41. The van der Waals surface area contributed by atoms with Crippen LogP contribution in [-0.4, -0.2) is 29.7 Å². The molecule has 0 saturated heterocycles. The molecule has 0 aliphatic heterocycles. The second-order valence-corrected chi connectivity index (χ2v) is 9.30. The van der Waals surface area contributed by atoms with Gasteiger partial charge in [0, 0.05) is 14.2 Å². The maximum absolute atomic E-state index is 5.27. The van der Waals surface area contributed by atoms with E-state index in [0.29, 0.717) is 0 Å². The van der Waals surface area contributed by atoms with Crippen LogP contribution in [0.3, 0.4) is 0 Å². The van der Waals surface area contributed by atoms with Crippen LogP contribution in [0.2, 0.25) is 6.04 Å². The number of ether oxygens (including phenoxy) is 2. The molecule has 0 N–H and O–H groups in total. The Labute approximate surface area is 155 Å². The minimum Gasteiger partial charge on any atom is -0.360 e. The first kappa shape index (κ1) is 24.1. The van der Waals surface area contributed by atoms with E-state index >= 15 is 0 Å². The number of methoxy groups -OCH3 is 2. The summed E-state index contributed by atoms with van der Waals surface area (Å²) >= 11 is 0. The summed E-state index contributed by atoms with van der Waals surface area (Å²) in [5, 5.41) is 0. The van der Waals surface area contributed by atoms with Gasteiger partial charge in [-0.15, -0.1) is 0 Å². The highest BCUT2D eigenvalue weighted by Crippen LogP contribution is 2.14. The van der Waals surface area contributed by atoms with Gasteiger partial charge in [0.2, 0.25) is 0 Å². The molecule has 0 aliphatic rings. The minimum absolute atomic E-state index is 0.140. The van der Waals surface area contributed by atoms with Crippen LogP contribution >= 0.6 is 0 Å². The molecule has 0 spiro atoms. The van der Waals surface area contributed by atoms with Gasteiger partial charge in [-0.05, 0) is 0 Å². The zero-order chi connectivity index (χ0) is 17.7. The van der Waals surface area contributed by atoms with Crippen LogP contribution in [0.5, 0.6) is 0 Å². The smallest absolute Gasteiger partial charge is 0.134 e. The predicted molar refractivity (Wildman–Crippen MR) is 111 cm³/mol. The normalized spacial score (nSPS) is 12.0. The molecule has 0 fully saturated rings. The van der Waals surface area contributed by atoms with Crippen molar-refractivity contribution < 1.29 is 9.47 Å². The van der Waals surface area contributed by atoms with Crippen molar-refractivity contribution in [1.82, 2.24) is 0 Å². The van der Waals surface area contributed by atoms with Crippen molar-refractivity contribution >= 4 is 9.52 Å². The van der Waals surface area contributed by atoms with E-state index in [9.17, 15) is 0 Å². The molecule has 0 heterocycles. The van der Waals surface area contributed by atoms with Gasteiger partial charge in [-0.25, -0.2) is 0 Å². The standard InChI is InChI=1S/C21H46O2Si/c1-4-5-6-7-8-9-10-11-12-13-14-15-16-17-18-19-20-24-21(22-2)23-3/h21H,4-20,24H2,1-3H3. The molecule has 0 bridgehead atoms. The van der Waals surface area contributed by atoms with Crippen LogP contribution in [0, 0.1) is 0 Å². The first-order chi connectivity index (χ1) is 11.8. The Bertz CT molecular complexity index is 220. The molecule has 146 valence electrons. The number of hydrogen-bond acceptors (Lipinski definition) is 2. The van der Waals surface area contributed by atoms with Crippen molar-refractivity contribution in [1.29, 1.82) is 0 Å². The van der Waals surface area contributed by atoms with E-state index in [0.717, 1.165) is 0 Å². The van der Waals surface area contributed by atoms with Gasteiger partial charge >= 0.3 is 0 Å². The number of hydrogen-bond donors (Lipinski definition) is 0. The molecule has 2 nitrogen and oxygen atoms in total. The second-order valence-electron chi connectivity index (χ2n) is 7.35. The fourth-order valence-corrected chi connectivity index (χ4v) is 4.81. The highest BCUT2D eigenvalue weighted by atomic mass is 28.2. The monoisotopic (exact) mass is 358 g/mol. The fraction of sp³-hybridized carbons (Fsp3) is 1.00. The molecule has 0 aliphatic carbocycles. The summed E-state index contributed by atoms with van der Waals surface area (Å²) in [5.74, 6) is 0.140. The van der Waals surface area contributed by atoms with Gasteiger partial charge in [-0.1, -0.05) is 116 Å². The molecule has 0 saturated carbocycles. The van der Waals surface area contributed by atoms with Gasteiger partial charge in [0.05, 0.1) is 9.52 Å². The topological polar surface area (TPSA) is 18.5 Å². The summed E-state index contributed by atoms with van der Waals surface area (Å²) < 4.78 is 10.5. The molecule has 0 atom stereocenters. The zero-order valence-electron chi connectivity index (χ0n) is 17.1. The van der Waals surface area contributed by atoms with E-state index < -0.39 is 0 Å². The van der Waals surface area contributed by atoms with Crippen LogP contribution in [0.4, 0.5) is 0 Å². The zero-order valence-corrected chi connectivity index (χ0v) is 18.5. The lowest BCUT2D eigenvalue weighted by Gasteiger charge is -2.12. The first-order valence-corrected chi connectivity index (χ1v) is 12.7. The van der Waals surface area contributed by atoms with Crippen LogP contribution in [-0.2, 0) is 9.47 Å². The Balaban J connectivity index is 3.03. The van der Waals surface area contributed by atoms with E-state index in [4.69, 9.17) is 9.47 Å². The Morgan fingerprint density at radius 3 is 1.21 bits per heavy atom. The lowest BCUT2D eigenvalue weighted by molar-refractivity contribution is -0.0441. The van der Waals surface area contributed by atoms with Crippen molar-refractivity contribution in [2.24, 2.45) is 0 Å². The summed E-state index contributed by atoms with van der Waals surface area (Å²) in [6.07, 6.45) is 23.1. The maximum atomic E-state index is 5.27. The SMILES string of the molecule is CCCCCCCCCCCCCCCCCC[SiH2]C(OC)OC. The third kappa shape index (κ3) is 18.5. The Morgan fingerprint density at radius 2 is 0.875 bits per heavy atom. The lowest BCUT2D eigenvalue weighted by Crippen LogP contribution is -2.20. The molecule has 0 amide bonds. The van der Waals surface area contributed by atoms with E-state index in [1.165, 1.54) is 109 Å². The Kier molecular flexibility index (Phi) is 21.3. The summed E-state index contributed by atoms with van der Waals surface area (Å²) in [7, 11) is 3.33. The molecular weight excluding hydrogens is 312 g/mol. The number of rotatable bonds is 20. The van der Waals surface area contributed by atoms with Crippen molar-refractivity contribution in [2.75, 3.05) is 14.2 Å². The largest absolute Gasteiger partial charge is 0.360 e. The van der Waals surface area contributed by atoms with Gasteiger partial charge in [0.1, 0.15) is 5.91 Å². The third-order valence-electron chi connectivity index (χ3n) is 5.07. The summed E-state index contributed by atoms with van der Waals surface area (Å²) in [6.45, 7) is 2.29. The lowest BCUT2D eigenvalue weighted by atomic mass is 10.0. The van der Waals surface area contributed by atoms with Crippen molar-refractivity contribution in [2.45, 2.75) is 122 Å². The molecule has 24 heavy (non-hydrogen) atoms. The van der Waals surface area contributed by atoms with Gasteiger partial charge in [0.15, 0.2) is 0 Å². The van der Waals surface area contributed by atoms with E-state index in [1.54, 1.807) is 14.2 Å². The van der Waals surface area contributed by atoms with Crippen molar-refractivity contribution in [3.63, 3.8) is 0 Å². The quantitative estimate of drug-likeness (QED) is 0.142. The minimum atomic E-state index is -0.184. The molecular formula is C21H46O2Si. The third-order valence-corrected chi connectivity index (χ3v) is 7.12. The Hall–Kier alpha value is 0.137. The first-order valence-electron chi connectivity index (χ1n) is 10.9. The molecule has 0 aromatic carbocycles. The summed E-state index contributed by atoms with van der Waals surface area (Å²) in [4.78, 5) is 0. The van der Waals surface area contributed by atoms with Crippen molar-refractivity contribution in [3.05, 3.63) is 0 Å². The maximum Gasteiger partial charge on any atom is 0.134 e. The fourth-order valence-electron chi connectivity index (χ4n) is 3.37. The van der Waals surface area contributed by atoms with Crippen LogP contribution in [0.25, 0.3) is 0 Å². The van der Waals surface area contributed by atoms with Crippen molar-refractivity contribution in [3.8, 4) is 0 Å². The van der Waals surface area contributed by atoms with Crippen LogP contribution in [0.15, 0.2) is 0 Å². The van der Waals surface area contributed by atoms with E-state index in [1.807, 2.05) is 0 Å². The van der Waals surface area contributed by atoms with Gasteiger partial charge in [-0.2, -0.15) is 0 Å². The van der Waals surface area contributed by atoms with Gasteiger partial charge in [-0.3, -0.25) is 0 Å². The molecule has 3 heteroatoms. The van der Waals surface area contributed by atoms with Gasteiger partial charge in [0.25, 0.3) is 0 Å². The molecule has 0 aromatic rings. The summed E-state index contributed by atoms with van der Waals surface area (Å²) in [5.41, 5.74) is 0. The Morgan fingerprint density at radius 1 is 0.542 bits per heavy atom. The summed E-state index contributed by atoms with van der Waals surface area (Å²) in [6, 6.07) is 1.37. The average molecular weight is 359 g/mol.